The lowest BCUT2D eigenvalue weighted by molar-refractivity contribution is 1.10. The fraction of sp³-hybridized carbons (Fsp3) is 0.0256. The molecule has 0 fully saturated rings. The molecular formula is C39H29N. The van der Waals surface area contributed by atoms with E-state index in [2.05, 4.69) is 169 Å². The van der Waals surface area contributed by atoms with Crippen LogP contribution in [-0.4, -0.2) is 4.57 Å². The Morgan fingerprint density at radius 2 is 0.700 bits per heavy atom. The number of aromatic nitrogens is 1. The van der Waals surface area contributed by atoms with Crippen LogP contribution < -0.4 is 0 Å². The van der Waals surface area contributed by atoms with Crippen molar-refractivity contribution in [1.82, 2.24) is 4.57 Å². The molecule has 190 valence electrons. The van der Waals surface area contributed by atoms with Crippen LogP contribution in [-0.2, 0) is 0 Å². The van der Waals surface area contributed by atoms with E-state index >= 15 is 0 Å². The van der Waals surface area contributed by atoms with Crippen molar-refractivity contribution in [2.45, 2.75) is 6.92 Å². The quantitative estimate of drug-likeness (QED) is 0.217. The molecular weight excluding hydrogens is 482 g/mol. The lowest BCUT2D eigenvalue weighted by atomic mass is 9.90. The van der Waals surface area contributed by atoms with E-state index in [1.807, 2.05) is 0 Å². The molecule has 1 nitrogen and oxygen atoms in total. The van der Waals surface area contributed by atoms with Gasteiger partial charge in [0.25, 0.3) is 0 Å². The van der Waals surface area contributed by atoms with E-state index in [9.17, 15) is 0 Å². The molecule has 0 aliphatic carbocycles. The molecule has 7 aromatic rings. The Hall–Kier alpha value is -5.14. The number of fused-ring (bicyclic) bond motifs is 1. The van der Waals surface area contributed by atoms with Gasteiger partial charge in [0.1, 0.15) is 0 Å². The van der Waals surface area contributed by atoms with Gasteiger partial charge in [-0.25, -0.2) is 0 Å². The van der Waals surface area contributed by atoms with Gasteiger partial charge in [-0.1, -0.05) is 151 Å². The van der Waals surface area contributed by atoms with Crippen molar-refractivity contribution in [3.8, 4) is 50.5 Å². The number of nitrogens with zero attached hydrogens (tertiary/aromatic N) is 1. The lowest BCUT2D eigenvalue weighted by Gasteiger charge is -2.15. The Morgan fingerprint density at radius 1 is 0.350 bits per heavy atom. The Balaban J connectivity index is 1.75. The molecule has 0 saturated carbocycles. The van der Waals surface area contributed by atoms with Gasteiger partial charge in [0.05, 0.1) is 11.4 Å². The molecule has 1 heteroatoms. The third-order valence-corrected chi connectivity index (χ3v) is 7.68. The van der Waals surface area contributed by atoms with Crippen LogP contribution in [0, 0.1) is 6.92 Å². The average Bonchev–Trinajstić information content (AvgIpc) is 3.39. The van der Waals surface area contributed by atoms with Crippen LogP contribution in [0.1, 0.15) is 5.56 Å². The summed E-state index contributed by atoms with van der Waals surface area (Å²) in [6, 6.07) is 56.8. The van der Waals surface area contributed by atoms with Crippen molar-refractivity contribution >= 4 is 10.8 Å². The molecule has 0 N–H and O–H groups in total. The molecule has 1 aromatic heterocycles. The highest BCUT2D eigenvalue weighted by Gasteiger charge is 2.26. The Labute approximate surface area is 235 Å². The highest BCUT2D eigenvalue weighted by molar-refractivity contribution is 6.18. The van der Waals surface area contributed by atoms with Crippen molar-refractivity contribution in [3.63, 3.8) is 0 Å². The van der Waals surface area contributed by atoms with E-state index in [-0.39, 0.29) is 0 Å². The molecule has 6 aromatic carbocycles. The fourth-order valence-electron chi connectivity index (χ4n) is 5.84. The first-order chi connectivity index (χ1) is 19.8. The third kappa shape index (κ3) is 4.13. The molecule has 0 amide bonds. The second-order valence-electron chi connectivity index (χ2n) is 10.2. The normalized spacial score (nSPS) is 11.1. The van der Waals surface area contributed by atoms with Crippen molar-refractivity contribution in [1.29, 1.82) is 0 Å². The standard InChI is InChI=1S/C39H29N/c1-28-22-24-33(25-23-28)40-38(31-18-10-4-11-19-31)36-34(29-14-6-2-7-15-29)26-27-35(30-16-8-3-9-17-30)37(36)39(40)32-20-12-5-13-21-32/h2-27H,1H3. The van der Waals surface area contributed by atoms with Crippen LogP contribution in [0.15, 0.2) is 158 Å². The highest BCUT2D eigenvalue weighted by atomic mass is 15.0. The monoisotopic (exact) mass is 511 g/mol. The first-order valence-electron chi connectivity index (χ1n) is 13.8. The summed E-state index contributed by atoms with van der Waals surface area (Å²) in [6.45, 7) is 2.15. The van der Waals surface area contributed by atoms with Crippen molar-refractivity contribution in [2.75, 3.05) is 0 Å². The van der Waals surface area contributed by atoms with Gasteiger partial charge in [-0.3, -0.25) is 0 Å². The van der Waals surface area contributed by atoms with Gasteiger partial charge < -0.3 is 4.57 Å². The lowest BCUT2D eigenvalue weighted by Crippen LogP contribution is -2.00. The summed E-state index contributed by atoms with van der Waals surface area (Å²) < 4.78 is 2.48. The number of hydrogen-bond acceptors (Lipinski definition) is 0. The first-order valence-corrected chi connectivity index (χ1v) is 13.8. The van der Waals surface area contributed by atoms with Crippen molar-refractivity contribution in [2.24, 2.45) is 0 Å². The van der Waals surface area contributed by atoms with Gasteiger partial charge in [0.2, 0.25) is 0 Å². The van der Waals surface area contributed by atoms with E-state index in [1.54, 1.807) is 0 Å². The number of benzene rings is 6. The van der Waals surface area contributed by atoms with Crippen LogP contribution in [0.3, 0.4) is 0 Å². The van der Waals surface area contributed by atoms with Gasteiger partial charge in [0, 0.05) is 16.5 Å². The van der Waals surface area contributed by atoms with Gasteiger partial charge in [-0.15, -0.1) is 0 Å². The summed E-state index contributed by atoms with van der Waals surface area (Å²) in [7, 11) is 0. The molecule has 0 unspecified atom stereocenters. The molecule has 0 atom stereocenters. The third-order valence-electron chi connectivity index (χ3n) is 7.68. The van der Waals surface area contributed by atoms with Crippen LogP contribution in [0.2, 0.25) is 0 Å². The van der Waals surface area contributed by atoms with Crippen LogP contribution in [0.5, 0.6) is 0 Å². The predicted octanol–water partition coefficient (Wildman–Crippen LogP) is 10.6. The maximum absolute atomic E-state index is 2.48. The second kappa shape index (κ2) is 10.2. The molecule has 0 radical (unpaired) electrons. The van der Waals surface area contributed by atoms with Gasteiger partial charge in [-0.05, 0) is 52.4 Å². The maximum Gasteiger partial charge on any atom is 0.0620 e. The number of rotatable bonds is 5. The molecule has 0 saturated heterocycles. The summed E-state index contributed by atoms with van der Waals surface area (Å²) in [4.78, 5) is 0. The van der Waals surface area contributed by atoms with E-state index in [4.69, 9.17) is 0 Å². The van der Waals surface area contributed by atoms with Crippen molar-refractivity contribution in [3.05, 3.63) is 163 Å². The maximum atomic E-state index is 2.48. The summed E-state index contributed by atoms with van der Waals surface area (Å²) in [6.07, 6.45) is 0. The number of hydrogen-bond donors (Lipinski definition) is 0. The predicted molar refractivity (Wildman–Crippen MR) is 170 cm³/mol. The molecule has 0 spiro atoms. The average molecular weight is 512 g/mol. The minimum Gasteiger partial charge on any atom is -0.308 e. The molecule has 1 heterocycles. The van der Waals surface area contributed by atoms with Gasteiger partial charge >= 0.3 is 0 Å². The smallest absolute Gasteiger partial charge is 0.0620 e. The first kappa shape index (κ1) is 23.9. The molecule has 7 rings (SSSR count). The minimum absolute atomic E-state index is 1.15. The number of aryl methyl sites for hydroxylation is 1. The molecule has 0 aliphatic rings. The van der Waals surface area contributed by atoms with Gasteiger partial charge in [-0.2, -0.15) is 0 Å². The zero-order chi connectivity index (χ0) is 26.9. The van der Waals surface area contributed by atoms with Crippen LogP contribution in [0.4, 0.5) is 0 Å². The summed E-state index contributed by atoms with van der Waals surface area (Å²) in [5.41, 5.74) is 12.1. The summed E-state index contributed by atoms with van der Waals surface area (Å²) in [5, 5.41) is 2.52. The Kier molecular flexibility index (Phi) is 6.11. The fourth-order valence-corrected chi connectivity index (χ4v) is 5.84. The summed E-state index contributed by atoms with van der Waals surface area (Å²) in [5.74, 6) is 0. The molecule has 0 aliphatic heterocycles. The topological polar surface area (TPSA) is 4.93 Å². The summed E-state index contributed by atoms with van der Waals surface area (Å²) >= 11 is 0. The van der Waals surface area contributed by atoms with E-state index in [0.717, 1.165) is 5.69 Å². The van der Waals surface area contributed by atoms with E-state index in [0.29, 0.717) is 0 Å². The molecule has 40 heavy (non-hydrogen) atoms. The van der Waals surface area contributed by atoms with Crippen LogP contribution >= 0.6 is 0 Å². The zero-order valence-electron chi connectivity index (χ0n) is 22.5. The SMILES string of the molecule is Cc1ccc(-n2c(-c3ccccc3)c3c(-c4ccccc4)ccc(-c4ccccc4)c3c2-c2ccccc2)cc1. The van der Waals surface area contributed by atoms with E-state index < -0.39 is 0 Å². The van der Waals surface area contributed by atoms with Gasteiger partial charge in [0.15, 0.2) is 0 Å². The zero-order valence-corrected chi connectivity index (χ0v) is 22.5. The largest absolute Gasteiger partial charge is 0.308 e. The van der Waals surface area contributed by atoms with E-state index in [1.165, 1.54) is 61.1 Å². The van der Waals surface area contributed by atoms with Crippen LogP contribution in [0.25, 0.3) is 61.2 Å². The highest BCUT2D eigenvalue weighted by Crippen LogP contribution is 2.49. The Bertz CT molecular complexity index is 1780. The molecule has 0 bridgehead atoms. The minimum atomic E-state index is 1.15. The van der Waals surface area contributed by atoms with Crippen molar-refractivity contribution < 1.29 is 0 Å². The second-order valence-corrected chi connectivity index (χ2v) is 10.2. The Morgan fingerprint density at radius 3 is 1.07 bits per heavy atom.